The molecule has 2 rings (SSSR count). The van der Waals surface area contributed by atoms with Gasteiger partial charge >= 0.3 is 0 Å². The van der Waals surface area contributed by atoms with Crippen LogP contribution < -0.4 is 5.73 Å². The SMILES string of the molecule is CC(C)(O)Cn1c(CC(N)=O)nc2ccccc21. The molecular formula is C13H17N3O2. The Morgan fingerprint density at radius 3 is 2.72 bits per heavy atom. The number of carbonyl (C=O) groups is 1. The zero-order chi connectivity index (χ0) is 13.3. The highest BCUT2D eigenvalue weighted by Gasteiger charge is 2.19. The summed E-state index contributed by atoms with van der Waals surface area (Å²) in [6.45, 7) is 3.81. The Bertz CT molecular complexity index is 581. The summed E-state index contributed by atoms with van der Waals surface area (Å²) in [6, 6.07) is 7.58. The highest BCUT2D eigenvalue weighted by Crippen LogP contribution is 2.19. The zero-order valence-corrected chi connectivity index (χ0v) is 10.6. The van der Waals surface area contributed by atoms with Gasteiger partial charge in [0.05, 0.1) is 29.6 Å². The molecule has 0 saturated carbocycles. The van der Waals surface area contributed by atoms with E-state index in [1.165, 1.54) is 0 Å². The van der Waals surface area contributed by atoms with E-state index in [1.54, 1.807) is 13.8 Å². The van der Waals surface area contributed by atoms with Crippen LogP contribution in [0.5, 0.6) is 0 Å². The molecular weight excluding hydrogens is 230 g/mol. The van der Waals surface area contributed by atoms with Crippen LogP contribution in [0.1, 0.15) is 19.7 Å². The van der Waals surface area contributed by atoms with Crippen molar-refractivity contribution in [1.82, 2.24) is 9.55 Å². The molecule has 0 bridgehead atoms. The third kappa shape index (κ3) is 2.68. The van der Waals surface area contributed by atoms with Crippen LogP contribution in [-0.4, -0.2) is 26.2 Å². The third-order valence-corrected chi connectivity index (χ3v) is 2.61. The maximum Gasteiger partial charge on any atom is 0.225 e. The molecule has 0 aliphatic carbocycles. The lowest BCUT2D eigenvalue weighted by atomic mass is 10.1. The van der Waals surface area contributed by atoms with E-state index in [0.717, 1.165) is 11.0 Å². The molecule has 5 heteroatoms. The summed E-state index contributed by atoms with van der Waals surface area (Å²) in [7, 11) is 0. The number of rotatable bonds is 4. The smallest absolute Gasteiger partial charge is 0.225 e. The van der Waals surface area contributed by atoms with Crippen LogP contribution in [0.2, 0.25) is 0 Å². The van der Waals surface area contributed by atoms with E-state index >= 15 is 0 Å². The summed E-state index contributed by atoms with van der Waals surface area (Å²) in [6.07, 6.45) is 0.0742. The lowest BCUT2D eigenvalue weighted by Gasteiger charge is -2.19. The van der Waals surface area contributed by atoms with Crippen molar-refractivity contribution < 1.29 is 9.90 Å². The van der Waals surface area contributed by atoms with Crippen molar-refractivity contribution in [2.45, 2.75) is 32.4 Å². The van der Waals surface area contributed by atoms with Gasteiger partial charge in [-0.1, -0.05) is 12.1 Å². The summed E-state index contributed by atoms with van der Waals surface area (Å²) in [5.74, 6) is 0.160. The average molecular weight is 247 g/mol. The Morgan fingerprint density at radius 1 is 1.44 bits per heavy atom. The van der Waals surface area contributed by atoms with Crippen molar-refractivity contribution in [3.8, 4) is 0 Å². The number of hydrogen-bond donors (Lipinski definition) is 2. The number of amides is 1. The molecule has 1 aromatic carbocycles. The van der Waals surface area contributed by atoms with Crippen LogP contribution in [0.25, 0.3) is 11.0 Å². The summed E-state index contributed by atoms with van der Waals surface area (Å²) >= 11 is 0. The van der Waals surface area contributed by atoms with Gasteiger partial charge in [0.25, 0.3) is 0 Å². The largest absolute Gasteiger partial charge is 0.389 e. The molecule has 1 amide bonds. The summed E-state index contributed by atoms with van der Waals surface area (Å²) in [4.78, 5) is 15.5. The molecule has 18 heavy (non-hydrogen) atoms. The fourth-order valence-corrected chi connectivity index (χ4v) is 1.98. The first kappa shape index (κ1) is 12.6. The number of nitrogens with two attached hydrogens (primary N) is 1. The molecule has 5 nitrogen and oxygen atoms in total. The molecule has 2 aromatic rings. The molecule has 0 atom stereocenters. The molecule has 0 saturated heterocycles. The first-order chi connectivity index (χ1) is 8.37. The molecule has 1 aromatic heterocycles. The molecule has 3 N–H and O–H groups in total. The van der Waals surface area contributed by atoms with Crippen LogP contribution in [0.3, 0.4) is 0 Å². The standard InChI is InChI=1S/C13H17N3O2/c1-13(2,18)8-16-10-6-4-3-5-9(10)15-12(16)7-11(14)17/h3-6,18H,7-8H2,1-2H3,(H2,14,17). The maximum atomic E-state index is 11.1. The minimum atomic E-state index is -0.879. The van der Waals surface area contributed by atoms with Crippen LogP contribution in [0, 0.1) is 0 Å². The van der Waals surface area contributed by atoms with Crippen LogP contribution in [0.15, 0.2) is 24.3 Å². The lowest BCUT2D eigenvalue weighted by Crippen LogP contribution is -2.28. The number of aliphatic hydroxyl groups is 1. The Kier molecular flexibility index (Phi) is 3.09. The predicted molar refractivity (Wildman–Crippen MR) is 68.9 cm³/mol. The molecule has 0 spiro atoms. The zero-order valence-electron chi connectivity index (χ0n) is 10.6. The molecule has 1 heterocycles. The Labute approximate surface area is 105 Å². The molecule has 0 aliphatic rings. The number of para-hydroxylation sites is 2. The summed E-state index contributed by atoms with van der Waals surface area (Å²) < 4.78 is 1.85. The minimum Gasteiger partial charge on any atom is -0.389 e. The van der Waals surface area contributed by atoms with Crippen molar-refractivity contribution in [1.29, 1.82) is 0 Å². The van der Waals surface area contributed by atoms with Gasteiger partial charge in [-0.05, 0) is 26.0 Å². The topological polar surface area (TPSA) is 81.1 Å². The summed E-state index contributed by atoms with van der Waals surface area (Å²) in [5, 5.41) is 9.94. The number of imidazole rings is 1. The van der Waals surface area contributed by atoms with E-state index in [2.05, 4.69) is 4.98 Å². The second-order valence-electron chi connectivity index (χ2n) is 5.06. The van der Waals surface area contributed by atoms with Gasteiger partial charge in [-0.25, -0.2) is 4.98 Å². The van der Waals surface area contributed by atoms with Gasteiger partial charge < -0.3 is 15.4 Å². The molecule has 96 valence electrons. The van der Waals surface area contributed by atoms with Crippen molar-refractivity contribution in [3.63, 3.8) is 0 Å². The van der Waals surface area contributed by atoms with Gasteiger partial charge in [-0.3, -0.25) is 4.79 Å². The van der Waals surface area contributed by atoms with E-state index in [9.17, 15) is 9.90 Å². The highest BCUT2D eigenvalue weighted by atomic mass is 16.3. The second kappa shape index (κ2) is 4.42. The van der Waals surface area contributed by atoms with Gasteiger partial charge in [0.1, 0.15) is 5.82 Å². The van der Waals surface area contributed by atoms with E-state index < -0.39 is 11.5 Å². The van der Waals surface area contributed by atoms with Gasteiger partial charge in [-0.2, -0.15) is 0 Å². The maximum absolute atomic E-state index is 11.1. The number of aromatic nitrogens is 2. The Balaban J connectivity index is 2.54. The number of hydrogen-bond acceptors (Lipinski definition) is 3. The van der Waals surface area contributed by atoms with Gasteiger partial charge in [-0.15, -0.1) is 0 Å². The third-order valence-electron chi connectivity index (χ3n) is 2.61. The number of carbonyl (C=O) groups excluding carboxylic acids is 1. The number of benzene rings is 1. The lowest BCUT2D eigenvalue weighted by molar-refractivity contribution is -0.117. The normalized spacial score (nSPS) is 11.9. The monoisotopic (exact) mass is 247 g/mol. The fraction of sp³-hybridized carbons (Fsp3) is 0.385. The Hall–Kier alpha value is -1.88. The molecule has 0 aliphatic heterocycles. The molecule has 0 radical (unpaired) electrons. The fourth-order valence-electron chi connectivity index (χ4n) is 1.98. The Morgan fingerprint density at radius 2 is 2.11 bits per heavy atom. The highest BCUT2D eigenvalue weighted by molar-refractivity contribution is 5.80. The van der Waals surface area contributed by atoms with E-state index in [1.807, 2.05) is 28.8 Å². The van der Waals surface area contributed by atoms with Gasteiger partial charge in [0.2, 0.25) is 5.91 Å². The molecule has 0 unspecified atom stereocenters. The van der Waals surface area contributed by atoms with Gasteiger partial charge in [0, 0.05) is 0 Å². The summed E-state index contributed by atoms with van der Waals surface area (Å²) in [5.41, 5.74) is 6.05. The number of fused-ring (bicyclic) bond motifs is 1. The van der Waals surface area contributed by atoms with Crippen molar-refractivity contribution in [2.75, 3.05) is 0 Å². The van der Waals surface area contributed by atoms with Gasteiger partial charge in [0.15, 0.2) is 0 Å². The van der Waals surface area contributed by atoms with Crippen LogP contribution in [0.4, 0.5) is 0 Å². The van der Waals surface area contributed by atoms with Crippen LogP contribution >= 0.6 is 0 Å². The quantitative estimate of drug-likeness (QED) is 0.839. The van der Waals surface area contributed by atoms with Crippen molar-refractivity contribution in [3.05, 3.63) is 30.1 Å². The first-order valence-electron chi connectivity index (χ1n) is 5.82. The van der Waals surface area contributed by atoms with Crippen LogP contribution in [-0.2, 0) is 17.8 Å². The predicted octanol–water partition coefficient (Wildman–Crippen LogP) is 0.835. The first-order valence-corrected chi connectivity index (χ1v) is 5.82. The van der Waals surface area contributed by atoms with Crippen molar-refractivity contribution in [2.24, 2.45) is 5.73 Å². The van der Waals surface area contributed by atoms with E-state index in [-0.39, 0.29) is 6.42 Å². The minimum absolute atomic E-state index is 0.0742. The van der Waals surface area contributed by atoms with E-state index in [0.29, 0.717) is 12.4 Å². The second-order valence-corrected chi connectivity index (χ2v) is 5.06. The number of primary amides is 1. The molecule has 0 fully saturated rings. The number of nitrogens with zero attached hydrogens (tertiary/aromatic N) is 2. The van der Waals surface area contributed by atoms with E-state index in [4.69, 9.17) is 5.73 Å². The van der Waals surface area contributed by atoms with Crippen molar-refractivity contribution >= 4 is 16.9 Å². The average Bonchev–Trinajstić information content (AvgIpc) is 2.54.